The predicted molar refractivity (Wildman–Crippen MR) is 108 cm³/mol. The van der Waals surface area contributed by atoms with Gasteiger partial charge in [-0.3, -0.25) is 4.79 Å². The third-order valence-electron chi connectivity index (χ3n) is 4.68. The van der Waals surface area contributed by atoms with Gasteiger partial charge >= 0.3 is 0 Å². The maximum Gasteiger partial charge on any atom is 0.258 e. The number of nitrogens with one attached hydrogen (secondary N) is 1. The summed E-state index contributed by atoms with van der Waals surface area (Å²) in [5.74, 6) is 0.0944. The van der Waals surface area contributed by atoms with E-state index in [-0.39, 0.29) is 20.5 Å². The average molecular weight is 427 g/mol. The van der Waals surface area contributed by atoms with Crippen molar-refractivity contribution in [2.24, 2.45) is 5.92 Å². The Balaban J connectivity index is 1.75. The standard InChI is InChI=1S/C19H20Cl2N2O3S/c1-13-9-11-23(12-10-13)27(25,26)15-7-5-14(6-8-15)22-19(24)18-16(20)3-2-4-17(18)21/h2-8,13H,9-12H2,1H3,(H,22,24). The second-order valence-corrected chi connectivity index (χ2v) is 9.41. The van der Waals surface area contributed by atoms with Gasteiger partial charge in [0.1, 0.15) is 0 Å². The largest absolute Gasteiger partial charge is 0.322 e. The van der Waals surface area contributed by atoms with Crippen molar-refractivity contribution in [2.45, 2.75) is 24.7 Å². The molecule has 2 aromatic rings. The van der Waals surface area contributed by atoms with E-state index in [1.807, 2.05) is 0 Å². The number of rotatable bonds is 4. The molecule has 1 heterocycles. The van der Waals surface area contributed by atoms with Gasteiger partial charge in [-0.15, -0.1) is 0 Å². The number of carbonyl (C=O) groups is 1. The van der Waals surface area contributed by atoms with Crippen molar-refractivity contribution < 1.29 is 13.2 Å². The highest BCUT2D eigenvalue weighted by molar-refractivity contribution is 7.89. The molecule has 1 saturated heterocycles. The molecule has 3 rings (SSSR count). The van der Waals surface area contributed by atoms with Crippen LogP contribution < -0.4 is 5.32 Å². The molecule has 5 nitrogen and oxygen atoms in total. The quantitative estimate of drug-likeness (QED) is 0.772. The van der Waals surface area contributed by atoms with Gasteiger partial charge < -0.3 is 5.32 Å². The fourth-order valence-corrected chi connectivity index (χ4v) is 5.03. The molecule has 0 unspecified atom stereocenters. The van der Waals surface area contributed by atoms with Crippen LogP contribution in [0, 0.1) is 5.92 Å². The minimum Gasteiger partial charge on any atom is -0.322 e. The molecule has 0 atom stereocenters. The molecular formula is C19H20Cl2N2O3S. The number of anilines is 1. The summed E-state index contributed by atoms with van der Waals surface area (Å²) >= 11 is 12.1. The average Bonchev–Trinajstić information content (AvgIpc) is 2.62. The van der Waals surface area contributed by atoms with E-state index in [9.17, 15) is 13.2 Å². The molecule has 0 saturated carbocycles. The summed E-state index contributed by atoms with van der Waals surface area (Å²) in [5.41, 5.74) is 0.641. The van der Waals surface area contributed by atoms with E-state index in [4.69, 9.17) is 23.2 Å². The molecule has 1 amide bonds. The number of halogens is 2. The van der Waals surface area contributed by atoms with Crippen LogP contribution in [-0.2, 0) is 10.0 Å². The highest BCUT2D eigenvalue weighted by Gasteiger charge is 2.28. The van der Waals surface area contributed by atoms with Gasteiger partial charge in [0.2, 0.25) is 10.0 Å². The molecule has 0 bridgehead atoms. The third kappa shape index (κ3) is 4.46. The monoisotopic (exact) mass is 426 g/mol. The molecule has 0 aliphatic carbocycles. The van der Waals surface area contributed by atoms with E-state index in [2.05, 4.69) is 12.2 Å². The van der Waals surface area contributed by atoms with E-state index in [1.165, 1.54) is 16.4 Å². The lowest BCUT2D eigenvalue weighted by Crippen LogP contribution is -2.37. The predicted octanol–water partition coefficient (Wildman–Crippen LogP) is 4.67. The van der Waals surface area contributed by atoms with Crippen molar-refractivity contribution in [1.29, 1.82) is 0 Å². The van der Waals surface area contributed by atoms with Crippen LogP contribution in [0.2, 0.25) is 10.0 Å². The number of sulfonamides is 1. The van der Waals surface area contributed by atoms with E-state index >= 15 is 0 Å². The van der Waals surface area contributed by atoms with Crippen molar-refractivity contribution in [1.82, 2.24) is 4.31 Å². The lowest BCUT2D eigenvalue weighted by Gasteiger charge is -2.29. The van der Waals surface area contributed by atoms with Crippen LogP contribution in [0.1, 0.15) is 30.1 Å². The summed E-state index contributed by atoms with van der Waals surface area (Å²) in [6.07, 6.45) is 1.73. The topological polar surface area (TPSA) is 66.5 Å². The van der Waals surface area contributed by atoms with E-state index < -0.39 is 15.9 Å². The van der Waals surface area contributed by atoms with Gasteiger partial charge in [-0.2, -0.15) is 4.31 Å². The smallest absolute Gasteiger partial charge is 0.258 e. The lowest BCUT2D eigenvalue weighted by atomic mass is 10.0. The van der Waals surface area contributed by atoms with Crippen molar-refractivity contribution in [3.63, 3.8) is 0 Å². The fraction of sp³-hybridized carbons (Fsp3) is 0.316. The number of benzene rings is 2. The molecular weight excluding hydrogens is 407 g/mol. The van der Waals surface area contributed by atoms with Gasteiger partial charge in [-0.05, 0) is 55.2 Å². The Morgan fingerprint density at radius 2 is 1.59 bits per heavy atom. The zero-order chi connectivity index (χ0) is 19.6. The van der Waals surface area contributed by atoms with Crippen LogP contribution in [0.4, 0.5) is 5.69 Å². The molecule has 1 aliphatic heterocycles. The van der Waals surface area contributed by atoms with Crippen molar-refractivity contribution in [3.05, 3.63) is 58.1 Å². The Hall–Kier alpha value is -1.60. The summed E-state index contributed by atoms with van der Waals surface area (Å²) in [6.45, 7) is 3.20. The second-order valence-electron chi connectivity index (χ2n) is 6.66. The Labute approximate surface area is 169 Å². The van der Waals surface area contributed by atoms with Gasteiger partial charge in [0.15, 0.2) is 0 Å². The summed E-state index contributed by atoms with van der Waals surface area (Å²) in [4.78, 5) is 12.6. The number of piperidine rings is 1. The van der Waals surface area contributed by atoms with Crippen LogP contribution in [-0.4, -0.2) is 31.7 Å². The molecule has 8 heteroatoms. The second kappa shape index (κ2) is 8.19. The first-order valence-electron chi connectivity index (χ1n) is 8.64. The molecule has 0 aromatic heterocycles. The number of hydrogen-bond acceptors (Lipinski definition) is 3. The van der Waals surface area contributed by atoms with Gasteiger partial charge in [-0.25, -0.2) is 8.42 Å². The van der Waals surface area contributed by atoms with E-state index in [0.717, 1.165) is 12.8 Å². The minimum atomic E-state index is -3.52. The van der Waals surface area contributed by atoms with Gasteiger partial charge in [0.05, 0.1) is 20.5 Å². The molecule has 2 aromatic carbocycles. The molecule has 1 N–H and O–H groups in total. The number of nitrogens with zero attached hydrogens (tertiary/aromatic N) is 1. The van der Waals surface area contributed by atoms with Gasteiger partial charge in [0.25, 0.3) is 5.91 Å². The van der Waals surface area contributed by atoms with Crippen LogP contribution >= 0.6 is 23.2 Å². The number of amides is 1. The zero-order valence-electron chi connectivity index (χ0n) is 14.8. The minimum absolute atomic E-state index is 0.181. The number of hydrogen-bond donors (Lipinski definition) is 1. The Bertz CT molecular complexity index is 918. The van der Waals surface area contributed by atoms with Gasteiger partial charge in [-0.1, -0.05) is 36.2 Å². The van der Waals surface area contributed by atoms with Crippen molar-refractivity contribution in [2.75, 3.05) is 18.4 Å². The molecule has 0 radical (unpaired) electrons. The fourth-order valence-electron chi connectivity index (χ4n) is 2.99. The molecule has 0 spiro atoms. The molecule has 1 aliphatic rings. The molecule has 144 valence electrons. The number of carbonyl (C=O) groups excluding carboxylic acids is 1. The van der Waals surface area contributed by atoms with Crippen LogP contribution in [0.25, 0.3) is 0 Å². The summed E-state index contributed by atoms with van der Waals surface area (Å²) < 4.78 is 27.0. The first-order chi connectivity index (χ1) is 12.8. The lowest BCUT2D eigenvalue weighted by molar-refractivity contribution is 0.102. The first kappa shape index (κ1) is 20.1. The maximum atomic E-state index is 12.7. The van der Waals surface area contributed by atoms with Gasteiger partial charge in [0, 0.05) is 18.8 Å². The van der Waals surface area contributed by atoms with Crippen molar-refractivity contribution >= 4 is 44.8 Å². The van der Waals surface area contributed by atoms with E-state index in [1.54, 1.807) is 30.3 Å². The van der Waals surface area contributed by atoms with E-state index in [0.29, 0.717) is 24.7 Å². The van der Waals surface area contributed by atoms with Crippen LogP contribution in [0.15, 0.2) is 47.4 Å². The molecule has 1 fully saturated rings. The van der Waals surface area contributed by atoms with Crippen molar-refractivity contribution in [3.8, 4) is 0 Å². The van der Waals surface area contributed by atoms with Crippen LogP contribution in [0.3, 0.4) is 0 Å². The Morgan fingerprint density at radius 3 is 2.15 bits per heavy atom. The summed E-state index contributed by atoms with van der Waals surface area (Å²) in [5, 5.41) is 3.18. The highest BCUT2D eigenvalue weighted by atomic mass is 35.5. The SMILES string of the molecule is CC1CCN(S(=O)(=O)c2ccc(NC(=O)c3c(Cl)cccc3Cl)cc2)CC1. The Morgan fingerprint density at radius 1 is 1.04 bits per heavy atom. The highest BCUT2D eigenvalue weighted by Crippen LogP contribution is 2.27. The van der Waals surface area contributed by atoms with Crippen LogP contribution in [0.5, 0.6) is 0 Å². The summed E-state index contributed by atoms with van der Waals surface area (Å²) in [7, 11) is -3.52. The molecule has 27 heavy (non-hydrogen) atoms. The Kier molecular flexibility index (Phi) is 6.11. The zero-order valence-corrected chi connectivity index (χ0v) is 17.1. The third-order valence-corrected chi connectivity index (χ3v) is 7.23. The maximum absolute atomic E-state index is 12.7. The summed E-state index contributed by atoms with van der Waals surface area (Å²) in [6, 6.07) is 10.9. The normalized spacial score (nSPS) is 16.3. The first-order valence-corrected chi connectivity index (χ1v) is 10.8.